The lowest BCUT2D eigenvalue weighted by Crippen LogP contribution is -2.40. The van der Waals surface area contributed by atoms with Gasteiger partial charge in [0.2, 0.25) is 5.95 Å². The Morgan fingerprint density at radius 2 is 1.70 bits per heavy atom. The SMILES string of the molecule is O=C(O)N1CCC(n2c(=O)ccc3cnc(Nc4ccc(N5CCCCC5)cc4)nc32)CC1. The quantitative estimate of drug-likeness (QED) is 0.625. The summed E-state index contributed by atoms with van der Waals surface area (Å²) in [4.78, 5) is 36.9. The first-order chi connectivity index (χ1) is 16.1. The molecule has 0 unspecified atom stereocenters. The number of pyridine rings is 1. The maximum absolute atomic E-state index is 12.8. The van der Waals surface area contributed by atoms with Crippen LogP contribution in [0.5, 0.6) is 0 Å². The molecule has 0 spiro atoms. The van der Waals surface area contributed by atoms with Gasteiger partial charge in [-0.05, 0) is 62.4 Å². The third-order valence-electron chi connectivity index (χ3n) is 6.61. The molecule has 172 valence electrons. The predicted molar refractivity (Wildman–Crippen MR) is 127 cm³/mol. The molecule has 2 N–H and O–H groups in total. The largest absolute Gasteiger partial charge is 0.465 e. The molecule has 1 amide bonds. The number of fused-ring (bicyclic) bond motifs is 1. The topological polar surface area (TPSA) is 104 Å². The fourth-order valence-electron chi connectivity index (χ4n) is 4.80. The average molecular weight is 449 g/mol. The van der Waals surface area contributed by atoms with Crippen molar-refractivity contribution in [2.24, 2.45) is 0 Å². The van der Waals surface area contributed by atoms with Crippen LogP contribution < -0.4 is 15.8 Å². The van der Waals surface area contributed by atoms with Gasteiger partial charge < -0.3 is 20.2 Å². The van der Waals surface area contributed by atoms with Crippen molar-refractivity contribution >= 4 is 34.4 Å². The molecule has 0 saturated carbocycles. The lowest BCUT2D eigenvalue weighted by molar-refractivity contribution is 0.125. The molecule has 9 heteroatoms. The van der Waals surface area contributed by atoms with Gasteiger partial charge >= 0.3 is 6.09 Å². The molecule has 4 heterocycles. The van der Waals surface area contributed by atoms with Gasteiger partial charge in [-0.1, -0.05) is 0 Å². The van der Waals surface area contributed by atoms with Crippen molar-refractivity contribution in [2.45, 2.75) is 38.1 Å². The second-order valence-corrected chi connectivity index (χ2v) is 8.73. The maximum Gasteiger partial charge on any atom is 0.407 e. The number of hydrogen-bond donors (Lipinski definition) is 2. The number of amides is 1. The fraction of sp³-hybridized carbons (Fsp3) is 0.417. The van der Waals surface area contributed by atoms with Crippen LogP contribution in [0.15, 0.2) is 47.4 Å². The standard InChI is InChI=1S/C24H28N6O3/c31-21-9-4-17-16-25-23(26-18-5-7-19(8-6-18)28-12-2-1-3-13-28)27-22(17)30(21)20-10-14-29(15-11-20)24(32)33/h4-9,16,20H,1-3,10-15H2,(H,32,33)(H,25,26,27). The first-order valence-corrected chi connectivity index (χ1v) is 11.6. The number of nitrogens with one attached hydrogen (secondary N) is 1. The molecule has 0 atom stereocenters. The number of hydrogen-bond acceptors (Lipinski definition) is 6. The molecule has 33 heavy (non-hydrogen) atoms. The van der Waals surface area contributed by atoms with Gasteiger partial charge in [0.05, 0.1) is 0 Å². The van der Waals surface area contributed by atoms with E-state index in [4.69, 9.17) is 0 Å². The molecule has 5 rings (SSSR count). The van der Waals surface area contributed by atoms with Gasteiger partial charge in [0, 0.05) is 61.2 Å². The summed E-state index contributed by atoms with van der Waals surface area (Å²) in [6, 6.07) is 11.4. The molecular formula is C24H28N6O3. The predicted octanol–water partition coefficient (Wildman–Crippen LogP) is 3.84. The normalized spacial score (nSPS) is 17.3. The highest BCUT2D eigenvalue weighted by molar-refractivity contribution is 5.76. The van der Waals surface area contributed by atoms with E-state index >= 15 is 0 Å². The van der Waals surface area contributed by atoms with Crippen LogP contribution in [-0.4, -0.2) is 56.8 Å². The molecule has 0 bridgehead atoms. The summed E-state index contributed by atoms with van der Waals surface area (Å²) < 4.78 is 1.70. The van der Waals surface area contributed by atoms with Crippen molar-refractivity contribution in [3.63, 3.8) is 0 Å². The van der Waals surface area contributed by atoms with Crippen LogP contribution in [-0.2, 0) is 0 Å². The van der Waals surface area contributed by atoms with E-state index in [1.54, 1.807) is 16.8 Å². The molecule has 2 saturated heterocycles. The number of piperidine rings is 2. The van der Waals surface area contributed by atoms with E-state index in [1.165, 1.54) is 35.9 Å². The molecule has 1 aromatic carbocycles. The summed E-state index contributed by atoms with van der Waals surface area (Å²) in [5.41, 5.74) is 2.54. The highest BCUT2D eigenvalue weighted by atomic mass is 16.4. The summed E-state index contributed by atoms with van der Waals surface area (Å²) in [5, 5.41) is 13.2. The molecule has 0 radical (unpaired) electrons. The summed E-state index contributed by atoms with van der Waals surface area (Å²) in [6.45, 7) is 3.01. The number of carbonyl (C=O) groups is 1. The number of nitrogens with zero attached hydrogens (tertiary/aromatic N) is 5. The summed E-state index contributed by atoms with van der Waals surface area (Å²) in [7, 11) is 0. The summed E-state index contributed by atoms with van der Waals surface area (Å²) in [6.07, 6.45) is 5.74. The van der Waals surface area contributed by atoms with Crippen molar-refractivity contribution in [1.82, 2.24) is 19.4 Å². The fourth-order valence-corrected chi connectivity index (χ4v) is 4.80. The Morgan fingerprint density at radius 3 is 2.39 bits per heavy atom. The van der Waals surface area contributed by atoms with Crippen LogP contribution in [0.1, 0.15) is 38.1 Å². The molecule has 2 aliphatic rings. The highest BCUT2D eigenvalue weighted by Gasteiger charge is 2.25. The molecule has 0 aliphatic carbocycles. The van der Waals surface area contributed by atoms with E-state index in [-0.39, 0.29) is 11.6 Å². The Balaban J connectivity index is 1.38. The minimum Gasteiger partial charge on any atom is -0.465 e. The zero-order valence-electron chi connectivity index (χ0n) is 18.5. The van der Waals surface area contributed by atoms with Crippen molar-refractivity contribution in [3.05, 3.63) is 52.9 Å². The van der Waals surface area contributed by atoms with Crippen LogP contribution in [0.4, 0.5) is 22.1 Å². The van der Waals surface area contributed by atoms with Gasteiger partial charge in [-0.25, -0.2) is 9.78 Å². The number of carboxylic acid groups (broad SMARTS) is 1. The number of rotatable bonds is 4. The third kappa shape index (κ3) is 4.48. The zero-order valence-corrected chi connectivity index (χ0v) is 18.5. The molecule has 2 fully saturated rings. The molecule has 3 aromatic rings. The minimum absolute atomic E-state index is 0.0941. The Bertz CT molecular complexity index is 1200. The Hall–Kier alpha value is -3.62. The van der Waals surface area contributed by atoms with Gasteiger partial charge in [-0.2, -0.15) is 4.98 Å². The van der Waals surface area contributed by atoms with Crippen molar-refractivity contribution < 1.29 is 9.90 Å². The molecule has 9 nitrogen and oxygen atoms in total. The van der Waals surface area contributed by atoms with Gasteiger partial charge in [0.25, 0.3) is 5.56 Å². The van der Waals surface area contributed by atoms with Gasteiger partial charge in [-0.3, -0.25) is 9.36 Å². The first-order valence-electron chi connectivity index (χ1n) is 11.6. The highest BCUT2D eigenvalue weighted by Crippen LogP contribution is 2.26. The summed E-state index contributed by atoms with van der Waals surface area (Å²) in [5.74, 6) is 0.426. The van der Waals surface area contributed by atoms with Gasteiger partial charge in [-0.15, -0.1) is 0 Å². The van der Waals surface area contributed by atoms with Crippen LogP contribution in [0, 0.1) is 0 Å². The van der Waals surface area contributed by atoms with E-state index in [1.807, 2.05) is 12.1 Å². The van der Waals surface area contributed by atoms with Crippen LogP contribution in [0.25, 0.3) is 11.0 Å². The lowest BCUT2D eigenvalue weighted by Gasteiger charge is -2.31. The van der Waals surface area contributed by atoms with E-state index in [0.717, 1.165) is 24.2 Å². The molecular weight excluding hydrogens is 420 g/mol. The Kier molecular flexibility index (Phi) is 5.85. The van der Waals surface area contributed by atoms with Gasteiger partial charge in [0.1, 0.15) is 5.65 Å². The van der Waals surface area contributed by atoms with E-state index in [9.17, 15) is 14.7 Å². The maximum atomic E-state index is 12.8. The lowest BCUT2D eigenvalue weighted by atomic mass is 10.0. The van der Waals surface area contributed by atoms with Crippen LogP contribution in [0.2, 0.25) is 0 Å². The first kappa shape index (κ1) is 21.2. The molecule has 2 aliphatic heterocycles. The van der Waals surface area contributed by atoms with E-state index in [0.29, 0.717) is 37.5 Å². The van der Waals surface area contributed by atoms with Crippen molar-refractivity contribution in [3.8, 4) is 0 Å². The monoisotopic (exact) mass is 448 g/mol. The second kappa shape index (κ2) is 9.09. The summed E-state index contributed by atoms with van der Waals surface area (Å²) >= 11 is 0. The zero-order chi connectivity index (χ0) is 22.8. The van der Waals surface area contributed by atoms with Gasteiger partial charge in [0.15, 0.2) is 0 Å². The van der Waals surface area contributed by atoms with Crippen LogP contribution >= 0.6 is 0 Å². The number of anilines is 3. The smallest absolute Gasteiger partial charge is 0.407 e. The average Bonchev–Trinajstić information content (AvgIpc) is 2.85. The van der Waals surface area contributed by atoms with E-state index in [2.05, 4.69) is 32.3 Å². The minimum atomic E-state index is -0.918. The third-order valence-corrected chi connectivity index (χ3v) is 6.61. The van der Waals surface area contributed by atoms with Crippen molar-refractivity contribution in [2.75, 3.05) is 36.4 Å². The Labute approximate surface area is 191 Å². The number of benzene rings is 1. The van der Waals surface area contributed by atoms with Crippen LogP contribution in [0.3, 0.4) is 0 Å². The Morgan fingerprint density at radius 1 is 0.970 bits per heavy atom. The number of likely N-dealkylation sites (tertiary alicyclic amines) is 1. The van der Waals surface area contributed by atoms with E-state index < -0.39 is 6.09 Å². The second-order valence-electron chi connectivity index (χ2n) is 8.73. The number of aromatic nitrogens is 3. The van der Waals surface area contributed by atoms with Crippen molar-refractivity contribution in [1.29, 1.82) is 0 Å². The molecule has 2 aromatic heterocycles.